The van der Waals surface area contributed by atoms with Crippen LogP contribution >= 0.6 is 0 Å². The summed E-state index contributed by atoms with van der Waals surface area (Å²) >= 11 is 0. The normalized spacial score (nSPS) is 13.8. The summed E-state index contributed by atoms with van der Waals surface area (Å²) in [5, 5.41) is 0. The first-order chi connectivity index (χ1) is 4.16. The third kappa shape index (κ3) is 5.53. The molecule has 9 heavy (non-hydrogen) atoms. The van der Waals surface area contributed by atoms with Crippen molar-refractivity contribution in [3.63, 3.8) is 0 Å². The topological polar surface area (TPSA) is 35.2 Å². The largest absolute Gasteiger partial charge is 0.377 e. The molecule has 0 saturated heterocycles. The number of nitrogens with two attached hydrogens (primary N) is 1. The molecule has 2 heteroatoms. The van der Waals surface area contributed by atoms with E-state index in [2.05, 4.69) is 6.58 Å². The molecule has 0 saturated carbocycles. The van der Waals surface area contributed by atoms with E-state index in [-0.39, 0.29) is 12.1 Å². The maximum atomic E-state index is 5.48. The minimum absolute atomic E-state index is 0.0209. The van der Waals surface area contributed by atoms with Crippen molar-refractivity contribution in [2.75, 3.05) is 6.61 Å². The molecule has 2 N–H and O–H groups in total. The van der Waals surface area contributed by atoms with Gasteiger partial charge >= 0.3 is 0 Å². The molecule has 0 fully saturated rings. The Morgan fingerprint density at radius 3 is 2.56 bits per heavy atom. The smallest absolute Gasteiger partial charge is 0.0656 e. The highest BCUT2D eigenvalue weighted by Crippen LogP contribution is 1.89. The first-order valence-corrected chi connectivity index (χ1v) is 3.16. The molecule has 0 amide bonds. The van der Waals surface area contributed by atoms with E-state index < -0.39 is 0 Å². The van der Waals surface area contributed by atoms with E-state index >= 15 is 0 Å². The lowest BCUT2D eigenvalue weighted by molar-refractivity contribution is 0.0753. The molecule has 0 aliphatic carbocycles. The number of hydrogen-bond donors (Lipinski definition) is 1. The summed E-state index contributed by atoms with van der Waals surface area (Å²) in [4.78, 5) is 0. The molecule has 0 aromatic heterocycles. The average Bonchev–Trinajstić information content (AvgIpc) is 1.83. The molecule has 0 rings (SSSR count). The Hall–Kier alpha value is -0.340. The molecule has 0 aliphatic rings. The fourth-order valence-electron chi connectivity index (χ4n) is 0.372. The third-order valence-corrected chi connectivity index (χ3v) is 0.925. The van der Waals surface area contributed by atoms with Crippen LogP contribution < -0.4 is 5.73 Å². The van der Waals surface area contributed by atoms with Crippen molar-refractivity contribution >= 4 is 0 Å². The standard InChI is InChI=1S/C7H15NO/c1-4-7(8)5-9-6(2)3/h4,6-7H,1,5,8H2,2-3H3. The molecule has 0 bridgehead atoms. The van der Waals surface area contributed by atoms with E-state index in [9.17, 15) is 0 Å². The van der Waals surface area contributed by atoms with Gasteiger partial charge in [-0.25, -0.2) is 0 Å². The molecule has 0 radical (unpaired) electrons. The van der Waals surface area contributed by atoms with Gasteiger partial charge in [0.05, 0.1) is 12.7 Å². The Balaban J connectivity index is 3.16. The number of rotatable bonds is 4. The summed E-state index contributed by atoms with van der Waals surface area (Å²) in [6.07, 6.45) is 1.94. The molecule has 0 spiro atoms. The average molecular weight is 129 g/mol. The quantitative estimate of drug-likeness (QED) is 0.573. The van der Waals surface area contributed by atoms with Crippen LogP contribution in [-0.4, -0.2) is 18.8 Å². The van der Waals surface area contributed by atoms with Gasteiger partial charge in [0.1, 0.15) is 0 Å². The molecular formula is C7H15NO. The van der Waals surface area contributed by atoms with Gasteiger partial charge in [0.2, 0.25) is 0 Å². The molecule has 1 atom stereocenters. The zero-order chi connectivity index (χ0) is 7.28. The number of ether oxygens (including phenoxy) is 1. The minimum atomic E-state index is -0.0209. The van der Waals surface area contributed by atoms with Crippen molar-refractivity contribution in [3.8, 4) is 0 Å². The fraction of sp³-hybridized carbons (Fsp3) is 0.714. The van der Waals surface area contributed by atoms with Crippen LogP contribution in [0.3, 0.4) is 0 Å². The van der Waals surface area contributed by atoms with Gasteiger partial charge < -0.3 is 10.5 Å². The summed E-state index contributed by atoms with van der Waals surface area (Å²) in [6, 6.07) is -0.0209. The van der Waals surface area contributed by atoms with Gasteiger partial charge in [-0.3, -0.25) is 0 Å². The van der Waals surface area contributed by atoms with E-state index in [0.717, 1.165) is 0 Å². The van der Waals surface area contributed by atoms with Gasteiger partial charge in [-0.15, -0.1) is 6.58 Å². The Kier molecular flexibility index (Phi) is 4.36. The summed E-state index contributed by atoms with van der Waals surface area (Å²) in [5.74, 6) is 0. The zero-order valence-corrected chi connectivity index (χ0v) is 6.13. The molecule has 0 aromatic rings. The van der Waals surface area contributed by atoms with Gasteiger partial charge in [0, 0.05) is 6.04 Å². The van der Waals surface area contributed by atoms with Crippen LogP contribution in [-0.2, 0) is 4.74 Å². The van der Waals surface area contributed by atoms with Crippen LogP contribution in [0.5, 0.6) is 0 Å². The lowest BCUT2D eigenvalue weighted by Crippen LogP contribution is -2.24. The predicted octanol–water partition coefficient (Wildman–Crippen LogP) is 0.925. The Bertz CT molecular complexity index is 81.0. The van der Waals surface area contributed by atoms with E-state index in [4.69, 9.17) is 10.5 Å². The SMILES string of the molecule is C=CC(N)COC(C)C. The van der Waals surface area contributed by atoms with Crippen molar-refractivity contribution in [3.05, 3.63) is 12.7 Å². The highest BCUT2D eigenvalue weighted by molar-refractivity contribution is 4.81. The van der Waals surface area contributed by atoms with Gasteiger partial charge in [-0.05, 0) is 13.8 Å². The summed E-state index contributed by atoms with van der Waals surface area (Å²) < 4.78 is 5.20. The predicted molar refractivity (Wildman–Crippen MR) is 39.3 cm³/mol. The molecule has 0 aliphatic heterocycles. The van der Waals surface area contributed by atoms with Gasteiger partial charge in [-0.1, -0.05) is 6.08 Å². The molecular weight excluding hydrogens is 114 g/mol. The fourth-order valence-corrected chi connectivity index (χ4v) is 0.372. The highest BCUT2D eigenvalue weighted by Gasteiger charge is 1.97. The maximum absolute atomic E-state index is 5.48. The summed E-state index contributed by atoms with van der Waals surface area (Å²) in [6.45, 7) is 8.07. The lowest BCUT2D eigenvalue weighted by Gasteiger charge is -2.09. The monoisotopic (exact) mass is 129 g/mol. The molecule has 0 heterocycles. The Labute approximate surface area is 56.7 Å². The Morgan fingerprint density at radius 1 is 1.67 bits per heavy atom. The summed E-state index contributed by atoms with van der Waals surface area (Å²) in [5.41, 5.74) is 5.48. The van der Waals surface area contributed by atoms with Crippen LogP contribution in [0.2, 0.25) is 0 Å². The van der Waals surface area contributed by atoms with Gasteiger partial charge in [-0.2, -0.15) is 0 Å². The highest BCUT2D eigenvalue weighted by atomic mass is 16.5. The van der Waals surface area contributed by atoms with Crippen LogP contribution in [0, 0.1) is 0 Å². The van der Waals surface area contributed by atoms with Crippen molar-refractivity contribution in [1.29, 1.82) is 0 Å². The first kappa shape index (κ1) is 8.66. The van der Waals surface area contributed by atoms with E-state index in [0.29, 0.717) is 6.61 Å². The second-order valence-electron chi connectivity index (χ2n) is 2.28. The van der Waals surface area contributed by atoms with Crippen LogP contribution in [0.1, 0.15) is 13.8 Å². The minimum Gasteiger partial charge on any atom is -0.377 e. The van der Waals surface area contributed by atoms with Crippen molar-refractivity contribution in [1.82, 2.24) is 0 Å². The molecule has 0 aromatic carbocycles. The molecule has 54 valence electrons. The second kappa shape index (κ2) is 4.53. The van der Waals surface area contributed by atoms with Crippen LogP contribution in [0.4, 0.5) is 0 Å². The van der Waals surface area contributed by atoms with Crippen molar-refractivity contribution in [2.45, 2.75) is 26.0 Å². The zero-order valence-electron chi connectivity index (χ0n) is 6.13. The van der Waals surface area contributed by atoms with Crippen molar-refractivity contribution < 1.29 is 4.74 Å². The lowest BCUT2D eigenvalue weighted by atomic mass is 10.3. The van der Waals surface area contributed by atoms with Gasteiger partial charge in [0.15, 0.2) is 0 Å². The number of hydrogen-bond acceptors (Lipinski definition) is 2. The van der Waals surface area contributed by atoms with Gasteiger partial charge in [0.25, 0.3) is 0 Å². The summed E-state index contributed by atoms with van der Waals surface area (Å²) in [7, 11) is 0. The van der Waals surface area contributed by atoms with E-state index in [1.807, 2.05) is 13.8 Å². The van der Waals surface area contributed by atoms with Crippen molar-refractivity contribution in [2.24, 2.45) is 5.73 Å². The molecule has 2 nitrogen and oxygen atoms in total. The maximum Gasteiger partial charge on any atom is 0.0656 e. The van der Waals surface area contributed by atoms with E-state index in [1.165, 1.54) is 0 Å². The second-order valence-corrected chi connectivity index (χ2v) is 2.28. The van der Waals surface area contributed by atoms with Crippen LogP contribution in [0.15, 0.2) is 12.7 Å². The first-order valence-electron chi connectivity index (χ1n) is 3.16. The van der Waals surface area contributed by atoms with Crippen LogP contribution in [0.25, 0.3) is 0 Å². The molecule has 1 unspecified atom stereocenters. The Morgan fingerprint density at radius 2 is 2.22 bits per heavy atom. The van der Waals surface area contributed by atoms with E-state index in [1.54, 1.807) is 6.08 Å². The third-order valence-electron chi connectivity index (χ3n) is 0.925.